The topological polar surface area (TPSA) is 142 Å². The number of ketones is 2. The second-order valence-corrected chi connectivity index (χ2v) is 13.2. The molecule has 42 heavy (non-hydrogen) atoms. The number of rotatable bonds is 10. The molecule has 1 aliphatic carbocycles. The molecule has 1 saturated carbocycles. The Bertz CT molecular complexity index is 1260. The van der Waals surface area contributed by atoms with E-state index in [0.29, 0.717) is 28.7 Å². The molecule has 9 heteroatoms. The van der Waals surface area contributed by atoms with E-state index in [4.69, 9.17) is 4.74 Å². The van der Waals surface area contributed by atoms with Crippen molar-refractivity contribution in [1.82, 2.24) is 5.32 Å². The van der Waals surface area contributed by atoms with Crippen LogP contribution in [0.3, 0.4) is 0 Å². The van der Waals surface area contributed by atoms with Gasteiger partial charge in [0.2, 0.25) is 6.08 Å². The highest BCUT2D eigenvalue weighted by Crippen LogP contribution is 2.41. The number of aliphatic imine (C=N–C) groups is 1. The molecule has 0 aliphatic heterocycles. The van der Waals surface area contributed by atoms with Crippen LogP contribution in [0.2, 0.25) is 0 Å². The lowest BCUT2D eigenvalue weighted by Gasteiger charge is -2.40. The third kappa shape index (κ3) is 8.44. The van der Waals surface area contributed by atoms with Crippen LogP contribution in [-0.2, 0) is 9.53 Å². The summed E-state index contributed by atoms with van der Waals surface area (Å²) in [5.74, 6) is -0.818. The first-order valence-corrected chi connectivity index (χ1v) is 14.2. The zero-order chi connectivity index (χ0) is 31.5. The van der Waals surface area contributed by atoms with Crippen molar-refractivity contribution in [3.05, 3.63) is 70.8 Å². The smallest absolute Gasteiger partial charge is 0.408 e. The van der Waals surface area contributed by atoms with Crippen molar-refractivity contribution in [2.24, 2.45) is 16.3 Å². The van der Waals surface area contributed by atoms with Gasteiger partial charge < -0.3 is 20.3 Å². The Morgan fingerprint density at radius 2 is 1.36 bits per heavy atom. The molecule has 2 aromatic carbocycles. The molecule has 0 bridgehead atoms. The Hall–Kier alpha value is -3.65. The van der Waals surface area contributed by atoms with Gasteiger partial charge in [-0.3, -0.25) is 9.59 Å². The van der Waals surface area contributed by atoms with E-state index in [9.17, 15) is 29.4 Å². The second-order valence-electron chi connectivity index (χ2n) is 13.2. The SMILES string of the molecule is CC(NC(=O)OC(c1ccc(C(=O)C(C)(C)O)cc1)c1ccc(C(=O)C(C)(C)O)cc1)C1CC(N=C=O)CC(C)(C)C1. The monoisotopic (exact) mass is 578 g/mol. The number of hydrogen-bond acceptors (Lipinski definition) is 8. The van der Waals surface area contributed by atoms with Crippen LogP contribution in [0, 0.1) is 11.3 Å². The molecule has 0 heterocycles. The molecule has 3 rings (SSSR count). The summed E-state index contributed by atoms with van der Waals surface area (Å²) in [6.07, 6.45) is 2.40. The Labute approximate surface area is 247 Å². The van der Waals surface area contributed by atoms with E-state index in [1.165, 1.54) is 27.7 Å². The lowest BCUT2D eigenvalue weighted by Crippen LogP contribution is -2.44. The van der Waals surface area contributed by atoms with E-state index >= 15 is 0 Å². The lowest BCUT2D eigenvalue weighted by atomic mass is 9.68. The standard InChI is InChI=1S/C33H42N2O7/c1-20(25-16-26(34-19-36)18-31(2,3)17-25)35-30(39)42-27(21-8-12-23(13-9-21)28(37)32(4,5)40)22-10-14-24(15-11-22)29(38)33(6,7)41/h8-15,20,25-27,40-41H,16-18H2,1-7H3,(H,35,39). The molecule has 3 atom stereocenters. The molecular weight excluding hydrogens is 536 g/mol. The molecule has 2 aromatic rings. The van der Waals surface area contributed by atoms with Gasteiger partial charge in [0, 0.05) is 17.2 Å². The summed E-state index contributed by atoms with van der Waals surface area (Å²) in [6, 6.07) is 12.5. The maximum absolute atomic E-state index is 13.2. The minimum Gasteiger partial charge on any atom is -0.436 e. The van der Waals surface area contributed by atoms with Gasteiger partial charge in [-0.2, -0.15) is 0 Å². The molecule has 3 unspecified atom stereocenters. The maximum Gasteiger partial charge on any atom is 0.408 e. The fraction of sp³-hybridized carbons (Fsp3) is 0.515. The molecular formula is C33H42N2O7. The van der Waals surface area contributed by atoms with E-state index in [0.717, 1.165) is 12.8 Å². The van der Waals surface area contributed by atoms with Crippen molar-refractivity contribution in [3.63, 3.8) is 0 Å². The molecule has 1 fully saturated rings. The summed E-state index contributed by atoms with van der Waals surface area (Å²) in [7, 11) is 0. The highest BCUT2D eigenvalue weighted by atomic mass is 16.6. The number of hydrogen-bond donors (Lipinski definition) is 3. The number of isocyanates is 1. The minimum absolute atomic E-state index is 0.0546. The van der Waals surface area contributed by atoms with Crippen LogP contribution in [0.4, 0.5) is 4.79 Å². The second kappa shape index (κ2) is 12.7. The average Bonchev–Trinajstić information content (AvgIpc) is 2.89. The van der Waals surface area contributed by atoms with E-state index in [-0.39, 0.29) is 23.4 Å². The fourth-order valence-corrected chi connectivity index (χ4v) is 5.60. The number of carbonyl (C=O) groups excluding carboxylic acids is 4. The van der Waals surface area contributed by atoms with Gasteiger partial charge in [0.1, 0.15) is 11.2 Å². The van der Waals surface area contributed by atoms with E-state index in [1.54, 1.807) is 54.6 Å². The number of aliphatic hydroxyl groups is 2. The number of nitrogens with one attached hydrogen (secondary N) is 1. The third-order valence-electron chi connectivity index (χ3n) is 7.75. The number of carbonyl (C=O) groups is 3. The molecule has 226 valence electrons. The van der Waals surface area contributed by atoms with Crippen LogP contribution in [0.5, 0.6) is 0 Å². The lowest BCUT2D eigenvalue weighted by molar-refractivity contribution is 0.0487. The fourth-order valence-electron chi connectivity index (χ4n) is 5.60. The summed E-state index contributed by atoms with van der Waals surface area (Å²) in [6.45, 7) is 11.8. The van der Waals surface area contributed by atoms with Gasteiger partial charge in [0.25, 0.3) is 0 Å². The summed E-state index contributed by atoms with van der Waals surface area (Å²) >= 11 is 0. The van der Waals surface area contributed by atoms with Crippen LogP contribution in [-0.4, -0.2) is 57.2 Å². The summed E-state index contributed by atoms with van der Waals surface area (Å²) < 4.78 is 5.94. The van der Waals surface area contributed by atoms with Crippen LogP contribution in [0.1, 0.15) is 106 Å². The highest BCUT2D eigenvalue weighted by Gasteiger charge is 2.37. The van der Waals surface area contributed by atoms with Gasteiger partial charge in [0.05, 0.1) is 6.04 Å². The van der Waals surface area contributed by atoms with E-state index in [2.05, 4.69) is 24.2 Å². The van der Waals surface area contributed by atoms with E-state index < -0.39 is 35.0 Å². The number of Topliss-reactive ketones (excluding diaryl/α,β-unsaturated/α-hetero) is 2. The third-order valence-corrected chi connectivity index (χ3v) is 7.75. The Kier molecular flexibility index (Phi) is 9.93. The number of nitrogens with zero attached hydrogens (tertiary/aromatic N) is 1. The number of benzene rings is 2. The first kappa shape index (κ1) is 32.9. The summed E-state index contributed by atoms with van der Waals surface area (Å²) in [5.41, 5.74) is -1.37. The van der Waals surface area contributed by atoms with Crippen molar-refractivity contribution >= 4 is 23.7 Å². The summed E-state index contributed by atoms with van der Waals surface area (Å²) in [4.78, 5) is 53.2. The van der Waals surface area contributed by atoms with Crippen molar-refractivity contribution in [2.75, 3.05) is 0 Å². The zero-order valence-corrected chi connectivity index (χ0v) is 25.4. The highest BCUT2D eigenvalue weighted by molar-refractivity contribution is 6.02. The summed E-state index contributed by atoms with van der Waals surface area (Å²) in [5, 5.41) is 23.2. The van der Waals surface area contributed by atoms with Crippen LogP contribution < -0.4 is 5.32 Å². The Morgan fingerprint density at radius 1 is 0.905 bits per heavy atom. The first-order valence-electron chi connectivity index (χ1n) is 14.2. The molecule has 0 saturated heterocycles. The molecule has 0 radical (unpaired) electrons. The maximum atomic E-state index is 13.2. The van der Waals surface area contributed by atoms with E-state index in [1.807, 2.05) is 6.92 Å². The first-order chi connectivity index (χ1) is 19.4. The van der Waals surface area contributed by atoms with Gasteiger partial charge in [-0.1, -0.05) is 62.4 Å². The van der Waals surface area contributed by atoms with Crippen LogP contribution >= 0.6 is 0 Å². The van der Waals surface area contributed by atoms with Gasteiger partial charge in [0.15, 0.2) is 17.7 Å². The minimum atomic E-state index is -1.54. The van der Waals surface area contributed by atoms with Crippen molar-refractivity contribution in [3.8, 4) is 0 Å². The molecule has 0 spiro atoms. The predicted molar refractivity (Wildman–Crippen MR) is 158 cm³/mol. The van der Waals surface area contributed by atoms with Gasteiger partial charge >= 0.3 is 6.09 Å². The van der Waals surface area contributed by atoms with Gasteiger partial charge in [-0.15, -0.1) is 0 Å². The largest absolute Gasteiger partial charge is 0.436 e. The predicted octanol–water partition coefficient (Wildman–Crippen LogP) is 5.33. The van der Waals surface area contributed by atoms with Gasteiger partial charge in [-0.25, -0.2) is 14.6 Å². The normalized spacial score (nSPS) is 19.4. The number of ether oxygens (including phenoxy) is 1. The zero-order valence-electron chi connectivity index (χ0n) is 25.4. The number of alkyl carbamates (subject to hydrolysis) is 1. The quantitative estimate of drug-likeness (QED) is 0.197. The number of amides is 1. The molecule has 9 nitrogen and oxygen atoms in total. The van der Waals surface area contributed by atoms with Crippen LogP contribution in [0.15, 0.2) is 53.5 Å². The van der Waals surface area contributed by atoms with Crippen molar-refractivity contribution in [2.45, 2.75) is 97.1 Å². The Morgan fingerprint density at radius 3 is 1.76 bits per heavy atom. The molecule has 3 N–H and O–H groups in total. The molecule has 1 aliphatic rings. The van der Waals surface area contributed by atoms with Gasteiger partial charge in [-0.05, 0) is 76.3 Å². The van der Waals surface area contributed by atoms with Crippen molar-refractivity contribution in [1.29, 1.82) is 0 Å². The molecule has 0 aromatic heterocycles. The average molecular weight is 579 g/mol. The Balaban J connectivity index is 1.87. The molecule has 1 amide bonds. The van der Waals surface area contributed by atoms with Crippen molar-refractivity contribution < 1.29 is 34.1 Å². The van der Waals surface area contributed by atoms with Crippen LogP contribution in [0.25, 0.3) is 0 Å².